The van der Waals surface area contributed by atoms with Crippen LogP contribution in [0.2, 0.25) is 0 Å². The van der Waals surface area contributed by atoms with Crippen molar-refractivity contribution in [3.05, 3.63) is 24.0 Å². The third-order valence-electron chi connectivity index (χ3n) is 5.86. The molecule has 30 heavy (non-hydrogen) atoms. The summed E-state index contributed by atoms with van der Waals surface area (Å²) in [4.78, 5) is 37.7. The van der Waals surface area contributed by atoms with E-state index in [0.717, 1.165) is 37.3 Å². The van der Waals surface area contributed by atoms with Gasteiger partial charge in [0.2, 0.25) is 0 Å². The molecule has 2 aliphatic heterocycles. The van der Waals surface area contributed by atoms with E-state index < -0.39 is 5.60 Å². The van der Waals surface area contributed by atoms with Crippen LogP contribution in [0.4, 0.5) is 15.3 Å². The van der Waals surface area contributed by atoms with E-state index in [9.17, 15) is 9.59 Å². The Morgan fingerprint density at radius 3 is 2.37 bits per heavy atom. The molecular formula is C22H35N5O3. The minimum atomic E-state index is -0.538. The van der Waals surface area contributed by atoms with Gasteiger partial charge in [-0.2, -0.15) is 0 Å². The molecule has 2 saturated heterocycles. The number of rotatable bonds is 1. The molecule has 0 aromatic carbocycles. The zero-order chi connectivity index (χ0) is 22.1. The highest BCUT2D eigenvalue weighted by atomic mass is 16.6. The molecule has 0 atom stereocenters. The van der Waals surface area contributed by atoms with Crippen molar-refractivity contribution in [2.75, 3.05) is 51.7 Å². The Kier molecular flexibility index (Phi) is 6.15. The van der Waals surface area contributed by atoms with E-state index in [1.807, 2.05) is 44.9 Å². The number of anilines is 1. The number of carbonyl (C=O) groups excluding carboxylic acids is 2. The predicted molar refractivity (Wildman–Crippen MR) is 117 cm³/mol. The monoisotopic (exact) mass is 417 g/mol. The molecule has 8 nitrogen and oxygen atoms in total. The van der Waals surface area contributed by atoms with E-state index in [2.05, 4.69) is 16.0 Å². The van der Waals surface area contributed by atoms with Crippen LogP contribution in [0.15, 0.2) is 18.3 Å². The van der Waals surface area contributed by atoms with Gasteiger partial charge in [0.1, 0.15) is 5.60 Å². The van der Waals surface area contributed by atoms with Crippen molar-refractivity contribution in [1.29, 1.82) is 0 Å². The summed E-state index contributed by atoms with van der Waals surface area (Å²) in [5, 5.41) is 0. The second-order valence-corrected chi connectivity index (χ2v) is 9.60. The summed E-state index contributed by atoms with van der Waals surface area (Å²) in [7, 11) is 3.57. The molecule has 0 unspecified atom stereocenters. The normalized spacial score (nSPS) is 19.1. The first kappa shape index (κ1) is 22.2. The number of aryl methyl sites for hydroxylation is 1. The average molecular weight is 418 g/mol. The molecule has 3 rings (SSSR count). The number of piperidine rings is 1. The number of amides is 3. The number of aromatic nitrogens is 1. The molecule has 0 bridgehead atoms. The molecule has 3 heterocycles. The molecule has 0 aliphatic carbocycles. The van der Waals surface area contributed by atoms with Crippen LogP contribution in [0.5, 0.6) is 0 Å². The molecule has 1 aromatic heterocycles. The lowest BCUT2D eigenvalue weighted by atomic mass is 9.83. The number of hydrogen-bond donors (Lipinski definition) is 0. The van der Waals surface area contributed by atoms with Crippen molar-refractivity contribution < 1.29 is 14.3 Å². The Morgan fingerprint density at radius 2 is 1.80 bits per heavy atom. The molecular weight excluding hydrogens is 382 g/mol. The molecule has 1 spiro atoms. The predicted octanol–water partition coefficient (Wildman–Crippen LogP) is 2.96. The molecule has 0 saturated carbocycles. The average Bonchev–Trinajstić information content (AvgIpc) is 2.66. The highest BCUT2D eigenvalue weighted by Crippen LogP contribution is 2.35. The van der Waals surface area contributed by atoms with Crippen LogP contribution in [0.25, 0.3) is 0 Å². The third-order valence-corrected chi connectivity index (χ3v) is 5.86. The van der Waals surface area contributed by atoms with Gasteiger partial charge in [-0.25, -0.2) is 9.59 Å². The molecule has 0 N–H and O–H groups in total. The van der Waals surface area contributed by atoms with Crippen LogP contribution in [0.1, 0.15) is 39.3 Å². The van der Waals surface area contributed by atoms with Gasteiger partial charge in [0.05, 0.1) is 5.54 Å². The highest BCUT2D eigenvalue weighted by Gasteiger charge is 2.48. The van der Waals surface area contributed by atoms with Crippen molar-refractivity contribution in [2.24, 2.45) is 0 Å². The topological polar surface area (TPSA) is 69.2 Å². The Labute approximate surface area is 179 Å². The largest absolute Gasteiger partial charge is 0.444 e. The van der Waals surface area contributed by atoms with Gasteiger partial charge >= 0.3 is 12.1 Å². The zero-order valence-corrected chi connectivity index (χ0v) is 19.1. The SMILES string of the molecule is Cc1cc(N2CCC3(CC2)CN(C(=O)OC(C)(C)C)CCN3C(=O)N(C)C)ccn1. The molecule has 2 fully saturated rings. The van der Waals surface area contributed by atoms with Gasteiger partial charge < -0.3 is 24.3 Å². The summed E-state index contributed by atoms with van der Waals surface area (Å²) in [6.07, 6.45) is 3.13. The van der Waals surface area contributed by atoms with Crippen molar-refractivity contribution in [3.63, 3.8) is 0 Å². The lowest BCUT2D eigenvalue weighted by Crippen LogP contribution is -2.69. The van der Waals surface area contributed by atoms with E-state index in [1.165, 1.54) is 0 Å². The fourth-order valence-electron chi connectivity index (χ4n) is 4.34. The summed E-state index contributed by atoms with van der Waals surface area (Å²) >= 11 is 0. The van der Waals surface area contributed by atoms with Crippen LogP contribution in [0, 0.1) is 6.92 Å². The Hall–Kier alpha value is -2.51. The van der Waals surface area contributed by atoms with E-state index in [-0.39, 0.29) is 17.7 Å². The maximum Gasteiger partial charge on any atom is 0.410 e. The Balaban J connectivity index is 1.79. The van der Waals surface area contributed by atoms with Crippen molar-refractivity contribution in [3.8, 4) is 0 Å². The number of nitrogens with zero attached hydrogens (tertiary/aromatic N) is 5. The van der Waals surface area contributed by atoms with Crippen molar-refractivity contribution in [1.82, 2.24) is 19.7 Å². The lowest BCUT2D eigenvalue weighted by molar-refractivity contribution is -0.0230. The number of ether oxygens (including phenoxy) is 1. The van der Waals surface area contributed by atoms with E-state index in [0.29, 0.717) is 19.6 Å². The number of carbonyl (C=O) groups is 2. The maximum atomic E-state index is 13.0. The van der Waals surface area contributed by atoms with E-state index in [4.69, 9.17) is 4.74 Å². The molecule has 2 aliphatic rings. The smallest absolute Gasteiger partial charge is 0.410 e. The second-order valence-electron chi connectivity index (χ2n) is 9.60. The fraction of sp³-hybridized carbons (Fsp3) is 0.682. The van der Waals surface area contributed by atoms with Crippen LogP contribution in [-0.2, 0) is 4.74 Å². The van der Waals surface area contributed by atoms with Gasteiger partial charge in [0, 0.05) is 64.4 Å². The minimum Gasteiger partial charge on any atom is -0.444 e. The van der Waals surface area contributed by atoms with Crippen LogP contribution < -0.4 is 4.90 Å². The number of hydrogen-bond acceptors (Lipinski definition) is 5. The summed E-state index contributed by atoms with van der Waals surface area (Å²) < 4.78 is 5.61. The Morgan fingerprint density at radius 1 is 1.13 bits per heavy atom. The molecule has 166 valence electrons. The first-order valence-electron chi connectivity index (χ1n) is 10.7. The Bertz CT molecular complexity index is 781. The first-order valence-corrected chi connectivity index (χ1v) is 10.7. The van der Waals surface area contributed by atoms with E-state index in [1.54, 1.807) is 23.9 Å². The standard InChI is InChI=1S/C22H35N5O3/c1-17-15-18(7-10-23-17)25-11-8-22(9-12-25)16-26(20(29)30-21(2,3)4)13-14-27(22)19(28)24(5)6/h7,10,15H,8-9,11-14,16H2,1-6H3. The summed E-state index contributed by atoms with van der Waals surface area (Å²) in [5.41, 5.74) is 1.23. The van der Waals surface area contributed by atoms with Gasteiger partial charge in [-0.05, 0) is 52.7 Å². The fourth-order valence-corrected chi connectivity index (χ4v) is 4.34. The molecule has 1 aromatic rings. The van der Waals surface area contributed by atoms with Gasteiger partial charge in [-0.15, -0.1) is 0 Å². The number of pyridine rings is 1. The molecule has 3 amide bonds. The van der Waals surface area contributed by atoms with Gasteiger partial charge in [-0.1, -0.05) is 0 Å². The highest BCUT2D eigenvalue weighted by molar-refractivity contribution is 5.76. The number of piperazine rings is 1. The zero-order valence-electron chi connectivity index (χ0n) is 19.1. The maximum absolute atomic E-state index is 13.0. The third kappa shape index (κ3) is 4.79. The second kappa shape index (κ2) is 8.32. The van der Waals surface area contributed by atoms with Gasteiger partial charge in [0.15, 0.2) is 0 Å². The van der Waals surface area contributed by atoms with E-state index >= 15 is 0 Å². The minimum absolute atomic E-state index is 0.00652. The van der Waals surface area contributed by atoms with Crippen LogP contribution >= 0.6 is 0 Å². The molecule has 8 heteroatoms. The summed E-state index contributed by atoms with van der Waals surface area (Å²) in [5.74, 6) is 0. The summed E-state index contributed by atoms with van der Waals surface area (Å²) in [6.45, 7) is 10.8. The molecule has 0 radical (unpaired) electrons. The van der Waals surface area contributed by atoms with Crippen molar-refractivity contribution >= 4 is 17.8 Å². The van der Waals surface area contributed by atoms with Crippen LogP contribution in [0.3, 0.4) is 0 Å². The quantitative estimate of drug-likeness (QED) is 0.703. The van der Waals surface area contributed by atoms with Gasteiger partial charge in [-0.3, -0.25) is 4.98 Å². The lowest BCUT2D eigenvalue weighted by Gasteiger charge is -2.54. The van der Waals surface area contributed by atoms with Crippen molar-refractivity contribution in [2.45, 2.75) is 51.7 Å². The summed E-state index contributed by atoms with van der Waals surface area (Å²) in [6, 6.07) is 4.13. The number of urea groups is 1. The van der Waals surface area contributed by atoms with Gasteiger partial charge in [0.25, 0.3) is 0 Å². The first-order chi connectivity index (χ1) is 14.0. The van der Waals surface area contributed by atoms with Crippen LogP contribution in [-0.4, -0.2) is 89.8 Å².